The lowest BCUT2D eigenvalue weighted by Crippen LogP contribution is -2.37. The van der Waals surface area contributed by atoms with E-state index < -0.39 is 0 Å². The van der Waals surface area contributed by atoms with Crippen LogP contribution < -0.4 is 10.6 Å². The van der Waals surface area contributed by atoms with Crippen molar-refractivity contribution < 1.29 is 9.13 Å². The van der Waals surface area contributed by atoms with Gasteiger partial charge in [-0.25, -0.2) is 4.39 Å². The first-order chi connectivity index (χ1) is 8.24. The molecule has 2 N–H and O–H groups in total. The Morgan fingerprint density at radius 3 is 3.06 bits per heavy atom. The molecule has 0 saturated heterocycles. The summed E-state index contributed by atoms with van der Waals surface area (Å²) < 4.78 is 18.8. The molecule has 1 unspecified atom stereocenters. The number of anilines is 1. The van der Waals surface area contributed by atoms with E-state index in [1.165, 1.54) is 11.6 Å². The Bertz CT molecular complexity index is 384. The highest BCUT2D eigenvalue weighted by Crippen LogP contribution is 2.28. The molecular weight excluding hydrogens is 219 g/mol. The molecule has 1 aliphatic rings. The first-order valence-electron chi connectivity index (χ1n) is 6.09. The molecule has 1 atom stereocenters. The summed E-state index contributed by atoms with van der Waals surface area (Å²) in [6, 6.07) is 4.98. The number of nitrogens with two attached hydrogens (primary N) is 1. The summed E-state index contributed by atoms with van der Waals surface area (Å²) >= 11 is 0. The SMILES string of the molecule is CCOC(CN)CN1CCc2ccc(F)cc21. The first kappa shape index (κ1) is 12.3. The summed E-state index contributed by atoms with van der Waals surface area (Å²) in [6.07, 6.45) is 0.994. The second kappa shape index (κ2) is 5.47. The van der Waals surface area contributed by atoms with E-state index in [4.69, 9.17) is 10.5 Å². The Kier molecular flexibility index (Phi) is 3.97. The molecule has 4 heteroatoms. The molecule has 17 heavy (non-hydrogen) atoms. The van der Waals surface area contributed by atoms with Gasteiger partial charge in [-0.05, 0) is 31.0 Å². The lowest BCUT2D eigenvalue weighted by molar-refractivity contribution is 0.0740. The molecule has 94 valence electrons. The molecular formula is C13H19FN2O. The monoisotopic (exact) mass is 238 g/mol. The van der Waals surface area contributed by atoms with E-state index in [9.17, 15) is 4.39 Å². The van der Waals surface area contributed by atoms with Crippen LogP contribution in [0.4, 0.5) is 10.1 Å². The van der Waals surface area contributed by atoms with Gasteiger partial charge in [-0.15, -0.1) is 0 Å². The van der Waals surface area contributed by atoms with Crippen molar-refractivity contribution in [1.82, 2.24) is 0 Å². The quantitative estimate of drug-likeness (QED) is 0.846. The zero-order valence-corrected chi connectivity index (χ0v) is 10.2. The number of halogens is 1. The lowest BCUT2D eigenvalue weighted by atomic mass is 10.1. The van der Waals surface area contributed by atoms with Gasteiger partial charge in [-0.3, -0.25) is 0 Å². The van der Waals surface area contributed by atoms with Gasteiger partial charge in [-0.1, -0.05) is 6.07 Å². The van der Waals surface area contributed by atoms with Crippen LogP contribution in [0.3, 0.4) is 0 Å². The van der Waals surface area contributed by atoms with Crippen molar-refractivity contribution in [2.75, 3.05) is 31.1 Å². The Balaban J connectivity index is 2.08. The first-order valence-corrected chi connectivity index (χ1v) is 6.09. The summed E-state index contributed by atoms with van der Waals surface area (Å²) in [5.41, 5.74) is 7.86. The van der Waals surface area contributed by atoms with Gasteiger partial charge in [0.25, 0.3) is 0 Å². The predicted octanol–water partition coefficient (Wildman–Crippen LogP) is 1.55. The number of rotatable bonds is 5. The minimum atomic E-state index is -0.184. The highest BCUT2D eigenvalue weighted by atomic mass is 19.1. The van der Waals surface area contributed by atoms with Crippen LogP contribution in [0.25, 0.3) is 0 Å². The maximum atomic E-state index is 13.2. The largest absolute Gasteiger partial charge is 0.375 e. The Morgan fingerprint density at radius 1 is 1.53 bits per heavy atom. The Hall–Kier alpha value is -1.13. The maximum Gasteiger partial charge on any atom is 0.125 e. The molecule has 2 rings (SSSR count). The van der Waals surface area contributed by atoms with Gasteiger partial charge in [0, 0.05) is 31.9 Å². The summed E-state index contributed by atoms with van der Waals surface area (Å²) in [4.78, 5) is 2.16. The highest BCUT2D eigenvalue weighted by Gasteiger charge is 2.22. The van der Waals surface area contributed by atoms with Crippen LogP contribution in [-0.4, -0.2) is 32.3 Å². The third-order valence-electron chi connectivity index (χ3n) is 3.13. The predicted molar refractivity (Wildman–Crippen MR) is 66.8 cm³/mol. The van der Waals surface area contributed by atoms with Crippen molar-refractivity contribution in [2.45, 2.75) is 19.4 Å². The fourth-order valence-corrected chi connectivity index (χ4v) is 2.29. The van der Waals surface area contributed by atoms with E-state index in [1.54, 1.807) is 6.07 Å². The summed E-state index contributed by atoms with van der Waals surface area (Å²) in [5, 5.41) is 0. The van der Waals surface area contributed by atoms with Gasteiger partial charge >= 0.3 is 0 Å². The highest BCUT2D eigenvalue weighted by molar-refractivity contribution is 5.58. The number of hydrogen-bond donors (Lipinski definition) is 1. The molecule has 1 heterocycles. The molecule has 0 aromatic heterocycles. The van der Waals surface area contributed by atoms with Crippen molar-refractivity contribution in [3.8, 4) is 0 Å². The van der Waals surface area contributed by atoms with Crippen molar-refractivity contribution in [1.29, 1.82) is 0 Å². The molecule has 0 fully saturated rings. The fourth-order valence-electron chi connectivity index (χ4n) is 2.29. The Morgan fingerprint density at radius 2 is 2.35 bits per heavy atom. The van der Waals surface area contributed by atoms with Gasteiger partial charge < -0.3 is 15.4 Å². The third-order valence-corrected chi connectivity index (χ3v) is 3.13. The van der Waals surface area contributed by atoms with E-state index in [0.717, 1.165) is 25.2 Å². The van der Waals surface area contributed by atoms with Crippen molar-refractivity contribution >= 4 is 5.69 Å². The second-order valence-electron chi connectivity index (χ2n) is 4.28. The topological polar surface area (TPSA) is 38.5 Å². The van der Waals surface area contributed by atoms with Gasteiger partial charge in [-0.2, -0.15) is 0 Å². The minimum Gasteiger partial charge on any atom is -0.375 e. The average molecular weight is 238 g/mol. The van der Waals surface area contributed by atoms with E-state index >= 15 is 0 Å². The minimum absolute atomic E-state index is 0.0224. The molecule has 0 saturated carbocycles. The number of ether oxygens (including phenoxy) is 1. The summed E-state index contributed by atoms with van der Waals surface area (Å²) in [6.45, 7) is 4.77. The number of nitrogens with zero attached hydrogens (tertiary/aromatic N) is 1. The van der Waals surface area contributed by atoms with Crippen LogP contribution in [-0.2, 0) is 11.2 Å². The van der Waals surface area contributed by atoms with Crippen LogP contribution in [0.1, 0.15) is 12.5 Å². The molecule has 0 aliphatic carbocycles. The van der Waals surface area contributed by atoms with Crippen LogP contribution in [0.2, 0.25) is 0 Å². The van der Waals surface area contributed by atoms with Crippen LogP contribution in [0.15, 0.2) is 18.2 Å². The van der Waals surface area contributed by atoms with Crippen LogP contribution >= 0.6 is 0 Å². The van der Waals surface area contributed by atoms with Gasteiger partial charge in [0.05, 0.1) is 6.10 Å². The molecule has 1 aromatic rings. The smallest absolute Gasteiger partial charge is 0.125 e. The fraction of sp³-hybridized carbons (Fsp3) is 0.538. The summed E-state index contributed by atoms with van der Waals surface area (Å²) in [7, 11) is 0. The Labute approximate surface area is 101 Å². The molecule has 1 aliphatic heterocycles. The van der Waals surface area contributed by atoms with Crippen LogP contribution in [0, 0.1) is 5.82 Å². The lowest BCUT2D eigenvalue weighted by Gasteiger charge is -2.25. The third kappa shape index (κ3) is 2.76. The van der Waals surface area contributed by atoms with Crippen molar-refractivity contribution in [3.05, 3.63) is 29.6 Å². The molecule has 0 bridgehead atoms. The van der Waals surface area contributed by atoms with Crippen molar-refractivity contribution in [3.63, 3.8) is 0 Å². The van der Waals surface area contributed by atoms with E-state index in [1.807, 2.05) is 13.0 Å². The van der Waals surface area contributed by atoms with Crippen molar-refractivity contribution in [2.24, 2.45) is 5.73 Å². The molecule has 1 aromatic carbocycles. The number of benzene rings is 1. The number of hydrogen-bond acceptors (Lipinski definition) is 3. The zero-order chi connectivity index (χ0) is 12.3. The average Bonchev–Trinajstić information content (AvgIpc) is 2.71. The maximum absolute atomic E-state index is 13.2. The van der Waals surface area contributed by atoms with Gasteiger partial charge in [0.15, 0.2) is 0 Å². The number of fused-ring (bicyclic) bond motifs is 1. The van der Waals surface area contributed by atoms with Gasteiger partial charge in [0.1, 0.15) is 5.82 Å². The normalized spacial score (nSPS) is 16.1. The van der Waals surface area contributed by atoms with Crippen LogP contribution in [0.5, 0.6) is 0 Å². The van der Waals surface area contributed by atoms with Gasteiger partial charge in [0.2, 0.25) is 0 Å². The van der Waals surface area contributed by atoms with E-state index in [-0.39, 0.29) is 11.9 Å². The zero-order valence-electron chi connectivity index (χ0n) is 10.2. The molecule has 0 amide bonds. The molecule has 0 radical (unpaired) electrons. The summed E-state index contributed by atoms with van der Waals surface area (Å²) in [5.74, 6) is -0.184. The van der Waals surface area contributed by atoms with E-state index in [2.05, 4.69) is 4.90 Å². The van der Waals surface area contributed by atoms with E-state index in [0.29, 0.717) is 13.2 Å². The molecule has 3 nitrogen and oxygen atoms in total. The second-order valence-corrected chi connectivity index (χ2v) is 4.28. The standard InChI is InChI=1S/C13H19FN2O/c1-2-17-12(8-15)9-16-6-5-10-3-4-11(14)7-13(10)16/h3-4,7,12H,2,5-6,8-9,15H2,1H3. The molecule has 0 spiro atoms.